The summed E-state index contributed by atoms with van der Waals surface area (Å²) < 4.78 is 5.56. The summed E-state index contributed by atoms with van der Waals surface area (Å²) in [5.41, 5.74) is -0.778. The van der Waals surface area contributed by atoms with Crippen LogP contribution in [0.3, 0.4) is 0 Å². The summed E-state index contributed by atoms with van der Waals surface area (Å²) in [7, 11) is 0. The molecule has 0 spiro atoms. The molecule has 1 aliphatic rings. The second-order valence-corrected chi connectivity index (χ2v) is 7.17. The summed E-state index contributed by atoms with van der Waals surface area (Å²) in [5.74, 6) is 0.0826. The van der Waals surface area contributed by atoms with Gasteiger partial charge in [0, 0.05) is 15.6 Å². The smallest absolute Gasteiger partial charge is 0.325 e. The van der Waals surface area contributed by atoms with Crippen molar-refractivity contribution in [2.75, 3.05) is 13.2 Å². The standard InChI is InChI=1S/C18H15Cl3N2O3/c1-18(12-7-6-11(19)10-14(12)21)16(24)23(17(25)22-18)8-9-26-15-5-3-2-4-13(15)20/h2-7,10H,8-9H2,1H3,(H,22,25)/t18-/m0/s1. The molecule has 3 amide bonds. The van der Waals surface area contributed by atoms with Crippen molar-refractivity contribution >= 4 is 46.7 Å². The first-order chi connectivity index (χ1) is 12.3. The van der Waals surface area contributed by atoms with Crippen molar-refractivity contribution in [2.45, 2.75) is 12.5 Å². The Hall–Kier alpha value is -1.95. The fourth-order valence-electron chi connectivity index (χ4n) is 2.79. The van der Waals surface area contributed by atoms with Crippen LogP contribution in [0.2, 0.25) is 15.1 Å². The van der Waals surface area contributed by atoms with Gasteiger partial charge in [-0.1, -0.05) is 53.0 Å². The maximum Gasteiger partial charge on any atom is 0.325 e. The number of rotatable bonds is 5. The van der Waals surface area contributed by atoms with Gasteiger partial charge in [-0.05, 0) is 31.2 Å². The topological polar surface area (TPSA) is 58.6 Å². The third kappa shape index (κ3) is 3.47. The lowest BCUT2D eigenvalue weighted by Crippen LogP contribution is -2.41. The maximum atomic E-state index is 12.9. The first-order valence-corrected chi connectivity index (χ1v) is 8.93. The van der Waals surface area contributed by atoms with Crippen molar-refractivity contribution in [1.29, 1.82) is 0 Å². The van der Waals surface area contributed by atoms with E-state index in [9.17, 15) is 9.59 Å². The number of imide groups is 1. The van der Waals surface area contributed by atoms with Crippen LogP contribution in [0, 0.1) is 0 Å². The number of carbonyl (C=O) groups excluding carboxylic acids is 2. The molecule has 26 heavy (non-hydrogen) atoms. The number of amides is 3. The second kappa shape index (κ2) is 7.35. The lowest BCUT2D eigenvalue weighted by molar-refractivity contribution is -0.131. The molecule has 8 heteroatoms. The van der Waals surface area contributed by atoms with Gasteiger partial charge in [0.25, 0.3) is 5.91 Å². The van der Waals surface area contributed by atoms with Gasteiger partial charge in [0.15, 0.2) is 0 Å². The summed E-state index contributed by atoms with van der Waals surface area (Å²) in [6.07, 6.45) is 0. The summed E-state index contributed by atoms with van der Waals surface area (Å²) >= 11 is 18.1. The Morgan fingerprint density at radius 3 is 2.50 bits per heavy atom. The molecule has 0 radical (unpaired) electrons. The number of ether oxygens (including phenoxy) is 1. The Balaban J connectivity index is 1.73. The monoisotopic (exact) mass is 412 g/mol. The zero-order valence-electron chi connectivity index (χ0n) is 13.8. The first kappa shape index (κ1) is 18.8. The Labute approximate surface area is 165 Å². The van der Waals surface area contributed by atoms with Crippen molar-refractivity contribution in [3.05, 3.63) is 63.1 Å². The van der Waals surface area contributed by atoms with E-state index in [0.717, 1.165) is 4.90 Å². The van der Waals surface area contributed by atoms with Crippen LogP contribution in [0.15, 0.2) is 42.5 Å². The van der Waals surface area contributed by atoms with Crippen LogP contribution in [0.4, 0.5) is 4.79 Å². The van der Waals surface area contributed by atoms with Crippen molar-refractivity contribution in [1.82, 2.24) is 10.2 Å². The van der Waals surface area contributed by atoms with Gasteiger partial charge in [-0.25, -0.2) is 4.79 Å². The lowest BCUT2D eigenvalue weighted by Gasteiger charge is -2.23. The Bertz CT molecular complexity index is 875. The number of nitrogens with one attached hydrogen (secondary N) is 1. The van der Waals surface area contributed by atoms with E-state index in [1.54, 1.807) is 43.3 Å². The normalized spacial score (nSPS) is 19.6. The fourth-order valence-corrected chi connectivity index (χ4v) is 3.57. The van der Waals surface area contributed by atoms with Crippen LogP contribution in [0.25, 0.3) is 0 Å². The van der Waals surface area contributed by atoms with Gasteiger partial charge in [-0.2, -0.15) is 0 Å². The summed E-state index contributed by atoms with van der Waals surface area (Å²) in [6.45, 7) is 1.81. The summed E-state index contributed by atoms with van der Waals surface area (Å²) in [6, 6.07) is 11.3. The minimum atomic E-state index is -1.26. The Morgan fingerprint density at radius 2 is 1.81 bits per heavy atom. The van der Waals surface area contributed by atoms with Gasteiger partial charge < -0.3 is 10.1 Å². The number of carbonyl (C=O) groups is 2. The fraction of sp³-hybridized carbons (Fsp3) is 0.222. The van der Waals surface area contributed by atoms with Crippen LogP contribution >= 0.6 is 34.8 Å². The van der Waals surface area contributed by atoms with Crippen LogP contribution in [-0.2, 0) is 10.3 Å². The first-order valence-electron chi connectivity index (χ1n) is 7.80. The number of benzene rings is 2. The van der Waals surface area contributed by atoms with Crippen LogP contribution in [-0.4, -0.2) is 30.0 Å². The van der Waals surface area contributed by atoms with Crippen molar-refractivity contribution in [3.63, 3.8) is 0 Å². The van der Waals surface area contributed by atoms with E-state index in [0.29, 0.717) is 26.4 Å². The molecular weight excluding hydrogens is 399 g/mol. The van der Waals surface area contributed by atoms with Gasteiger partial charge in [-0.15, -0.1) is 0 Å². The molecule has 0 aliphatic carbocycles. The predicted molar refractivity (Wildman–Crippen MR) is 101 cm³/mol. The largest absolute Gasteiger partial charge is 0.490 e. The molecule has 1 saturated heterocycles. The molecule has 2 aromatic rings. The minimum Gasteiger partial charge on any atom is -0.490 e. The maximum absolute atomic E-state index is 12.9. The third-order valence-electron chi connectivity index (χ3n) is 4.15. The van der Waals surface area contributed by atoms with Crippen molar-refractivity contribution in [2.24, 2.45) is 0 Å². The zero-order valence-corrected chi connectivity index (χ0v) is 16.0. The van der Waals surface area contributed by atoms with E-state index < -0.39 is 17.5 Å². The number of hydrogen-bond acceptors (Lipinski definition) is 3. The molecule has 1 heterocycles. The van der Waals surface area contributed by atoms with E-state index in [1.807, 2.05) is 0 Å². The van der Waals surface area contributed by atoms with Crippen molar-refractivity contribution < 1.29 is 14.3 Å². The number of para-hydroxylation sites is 1. The van der Waals surface area contributed by atoms with E-state index >= 15 is 0 Å². The highest BCUT2D eigenvalue weighted by Gasteiger charge is 2.49. The second-order valence-electron chi connectivity index (χ2n) is 5.91. The molecule has 5 nitrogen and oxygen atoms in total. The molecule has 136 valence electrons. The molecule has 1 fully saturated rings. The quantitative estimate of drug-likeness (QED) is 0.735. The van der Waals surface area contributed by atoms with Crippen LogP contribution in [0.5, 0.6) is 5.75 Å². The summed E-state index contributed by atoms with van der Waals surface area (Å²) in [4.78, 5) is 26.3. The highest BCUT2D eigenvalue weighted by Crippen LogP contribution is 2.35. The molecule has 0 saturated carbocycles. The average Bonchev–Trinajstić information content (AvgIpc) is 2.80. The number of urea groups is 1. The highest BCUT2D eigenvalue weighted by atomic mass is 35.5. The number of nitrogens with zero attached hydrogens (tertiary/aromatic N) is 1. The van der Waals surface area contributed by atoms with Gasteiger partial charge >= 0.3 is 6.03 Å². The van der Waals surface area contributed by atoms with E-state index in [-0.39, 0.29) is 13.2 Å². The van der Waals surface area contributed by atoms with Gasteiger partial charge in [0.2, 0.25) is 0 Å². The summed E-state index contributed by atoms with van der Waals surface area (Å²) in [5, 5.41) is 3.91. The van der Waals surface area contributed by atoms with E-state index in [1.165, 1.54) is 6.07 Å². The highest BCUT2D eigenvalue weighted by molar-refractivity contribution is 6.35. The number of hydrogen-bond donors (Lipinski definition) is 1. The van der Waals surface area contributed by atoms with Gasteiger partial charge in [0.1, 0.15) is 17.9 Å². The molecular formula is C18H15Cl3N2O3. The molecule has 3 rings (SSSR count). The van der Waals surface area contributed by atoms with Gasteiger partial charge in [0.05, 0.1) is 11.6 Å². The molecule has 2 aromatic carbocycles. The molecule has 1 N–H and O–H groups in total. The molecule has 0 unspecified atom stereocenters. The van der Waals surface area contributed by atoms with E-state index in [2.05, 4.69) is 5.32 Å². The molecule has 1 aliphatic heterocycles. The van der Waals surface area contributed by atoms with Crippen molar-refractivity contribution in [3.8, 4) is 5.75 Å². The Kier molecular flexibility index (Phi) is 5.32. The predicted octanol–water partition coefficient (Wildman–Crippen LogP) is 4.49. The molecule has 0 aromatic heterocycles. The van der Waals surface area contributed by atoms with Gasteiger partial charge in [-0.3, -0.25) is 9.69 Å². The molecule has 0 bridgehead atoms. The molecule has 1 atom stereocenters. The minimum absolute atomic E-state index is 0.0800. The lowest BCUT2D eigenvalue weighted by atomic mass is 9.92. The SMILES string of the molecule is C[C@@]1(c2ccc(Cl)cc2Cl)NC(=O)N(CCOc2ccccc2Cl)C1=O. The third-order valence-corrected chi connectivity index (χ3v) is 5.01. The van der Waals surface area contributed by atoms with Crippen LogP contribution < -0.4 is 10.1 Å². The average molecular weight is 414 g/mol. The van der Waals surface area contributed by atoms with Crippen LogP contribution in [0.1, 0.15) is 12.5 Å². The Morgan fingerprint density at radius 1 is 1.08 bits per heavy atom. The zero-order chi connectivity index (χ0) is 18.9. The number of halogens is 3. The van der Waals surface area contributed by atoms with E-state index in [4.69, 9.17) is 39.5 Å².